The number of nitrogens with one attached hydrogen (secondary N) is 1. The quantitative estimate of drug-likeness (QED) is 0.508. The van der Waals surface area contributed by atoms with E-state index in [-0.39, 0.29) is 0 Å². The molecule has 0 saturated carbocycles. The molecule has 1 aliphatic heterocycles. The number of hydrogen-bond donors (Lipinski definition) is 1. The van der Waals surface area contributed by atoms with Gasteiger partial charge in [-0.15, -0.1) is 11.8 Å². The second kappa shape index (κ2) is 4.28. The number of thioether (sulfide) groups is 1. The Morgan fingerprint density at radius 3 is 3.36 bits per heavy atom. The Balaban J connectivity index is 2.48. The van der Waals surface area contributed by atoms with Gasteiger partial charge in [-0.3, -0.25) is 5.43 Å². The van der Waals surface area contributed by atoms with Gasteiger partial charge in [-0.25, -0.2) is 0 Å². The third-order valence-electron chi connectivity index (χ3n) is 1.58. The van der Waals surface area contributed by atoms with Gasteiger partial charge >= 0.3 is 0 Å². The van der Waals surface area contributed by atoms with Crippen molar-refractivity contribution in [2.75, 3.05) is 18.8 Å². The Labute approximate surface area is 71.5 Å². The van der Waals surface area contributed by atoms with Gasteiger partial charge in [-0.05, 0) is 6.92 Å². The molecule has 11 heavy (non-hydrogen) atoms. The van der Waals surface area contributed by atoms with Gasteiger partial charge in [0.1, 0.15) is 0 Å². The van der Waals surface area contributed by atoms with E-state index in [0.29, 0.717) is 0 Å². The van der Waals surface area contributed by atoms with Crippen molar-refractivity contribution < 1.29 is 0 Å². The summed E-state index contributed by atoms with van der Waals surface area (Å²) in [6.45, 7) is 7.70. The van der Waals surface area contributed by atoms with Crippen molar-refractivity contribution in [3.63, 3.8) is 0 Å². The van der Waals surface area contributed by atoms with E-state index in [1.54, 1.807) is 0 Å². The van der Waals surface area contributed by atoms with Crippen LogP contribution in [0.5, 0.6) is 0 Å². The Morgan fingerprint density at radius 2 is 2.73 bits per heavy atom. The molecular weight excluding hydrogens is 158 g/mol. The van der Waals surface area contributed by atoms with E-state index in [0.717, 1.165) is 13.1 Å². The third-order valence-corrected chi connectivity index (χ3v) is 2.64. The standard InChI is InChI=1S/C7H13N3S/c1-3-10-4-5-11-7(10)6-9-8-2/h6,9H,2-5H2,1H3/b7-6-. The van der Waals surface area contributed by atoms with Crippen LogP contribution in [0.25, 0.3) is 0 Å². The molecule has 1 saturated heterocycles. The monoisotopic (exact) mass is 171 g/mol. The highest BCUT2D eigenvalue weighted by molar-refractivity contribution is 8.03. The van der Waals surface area contributed by atoms with Crippen molar-refractivity contribution in [3.05, 3.63) is 11.2 Å². The first kappa shape index (κ1) is 8.46. The summed E-state index contributed by atoms with van der Waals surface area (Å²) in [6.07, 6.45) is 1.90. The number of nitrogens with zero attached hydrogens (tertiary/aromatic N) is 2. The van der Waals surface area contributed by atoms with E-state index in [9.17, 15) is 0 Å². The molecule has 0 aromatic carbocycles. The molecule has 0 aromatic heterocycles. The van der Waals surface area contributed by atoms with E-state index in [1.807, 2.05) is 18.0 Å². The van der Waals surface area contributed by atoms with Gasteiger partial charge in [0.25, 0.3) is 0 Å². The second-order valence-electron chi connectivity index (χ2n) is 2.20. The molecule has 0 atom stereocenters. The minimum atomic E-state index is 1.07. The van der Waals surface area contributed by atoms with Crippen molar-refractivity contribution in [2.24, 2.45) is 5.10 Å². The first-order valence-corrected chi connectivity index (χ1v) is 4.66. The maximum absolute atomic E-state index is 3.55. The summed E-state index contributed by atoms with van der Waals surface area (Å²) < 4.78 is 0. The van der Waals surface area contributed by atoms with Gasteiger partial charge in [0.2, 0.25) is 0 Å². The molecule has 3 nitrogen and oxygen atoms in total. The second-order valence-corrected chi connectivity index (χ2v) is 3.31. The molecule has 0 aromatic rings. The normalized spacial score (nSPS) is 20.8. The Morgan fingerprint density at radius 1 is 1.91 bits per heavy atom. The molecule has 4 heteroatoms. The molecule has 0 spiro atoms. The zero-order chi connectivity index (χ0) is 8.10. The van der Waals surface area contributed by atoms with Crippen LogP contribution in [0.2, 0.25) is 0 Å². The van der Waals surface area contributed by atoms with Crippen LogP contribution in [-0.2, 0) is 0 Å². The van der Waals surface area contributed by atoms with Gasteiger partial charge in [0, 0.05) is 31.8 Å². The molecular formula is C7H13N3S. The van der Waals surface area contributed by atoms with E-state index in [4.69, 9.17) is 0 Å². The van der Waals surface area contributed by atoms with Crippen molar-refractivity contribution in [2.45, 2.75) is 6.92 Å². The summed E-state index contributed by atoms with van der Waals surface area (Å²) in [5.74, 6) is 1.18. The lowest BCUT2D eigenvalue weighted by atomic mass is 10.5. The summed E-state index contributed by atoms with van der Waals surface area (Å²) in [4.78, 5) is 2.31. The molecule has 1 fully saturated rings. The van der Waals surface area contributed by atoms with E-state index in [1.165, 1.54) is 10.8 Å². The average molecular weight is 171 g/mol. The predicted octanol–water partition coefficient (Wildman–Crippen LogP) is 1.06. The van der Waals surface area contributed by atoms with Crippen LogP contribution in [0, 0.1) is 0 Å². The number of rotatable bonds is 3. The number of hydrogen-bond acceptors (Lipinski definition) is 4. The van der Waals surface area contributed by atoms with Gasteiger partial charge in [0.05, 0.1) is 5.03 Å². The summed E-state index contributed by atoms with van der Waals surface area (Å²) in [5, 5.41) is 4.82. The maximum atomic E-state index is 3.55. The van der Waals surface area contributed by atoms with Gasteiger partial charge < -0.3 is 4.90 Å². The van der Waals surface area contributed by atoms with Crippen LogP contribution < -0.4 is 5.43 Å². The molecule has 1 N–H and O–H groups in total. The highest BCUT2D eigenvalue weighted by Gasteiger charge is 2.14. The topological polar surface area (TPSA) is 27.6 Å². The smallest absolute Gasteiger partial charge is 0.0888 e. The molecule has 1 heterocycles. The predicted molar refractivity (Wildman–Crippen MR) is 50.5 cm³/mol. The summed E-state index contributed by atoms with van der Waals surface area (Å²) in [7, 11) is 0. The molecule has 0 aliphatic carbocycles. The molecule has 0 amide bonds. The lowest BCUT2D eigenvalue weighted by Crippen LogP contribution is -2.18. The Hall–Kier alpha value is -0.640. The molecule has 0 unspecified atom stereocenters. The largest absolute Gasteiger partial charge is 0.365 e. The van der Waals surface area contributed by atoms with Crippen LogP contribution in [0.15, 0.2) is 16.3 Å². The van der Waals surface area contributed by atoms with E-state index >= 15 is 0 Å². The highest BCUT2D eigenvalue weighted by atomic mass is 32.2. The summed E-state index contributed by atoms with van der Waals surface area (Å²) in [5.41, 5.74) is 2.74. The fourth-order valence-corrected chi connectivity index (χ4v) is 2.07. The minimum absolute atomic E-state index is 1.07. The van der Waals surface area contributed by atoms with Crippen LogP contribution >= 0.6 is 11.8 Å². The number of hydrazone groups is 1. The first-order valence-electron chi connectivity index (χ1n) is 3.67. The van der Waals surface area contributed by atoms with Gasteiger partial charge in [0.15, 0.2) is 0 Å². The third kappa shape index (κ3) is 2.15. The lowest BCUT2D eigenvalue weighted by molar-refractivity contribution is 0.423. The van der Waals surface area contributed by atoms with Crippen molar-refractivity contribution in [1.29, 1.82) is 0 Å². The van der Waals surface area contributed by atoms with Crippen molar-refractivity contribution in [1.82, 2.24) is 10.3 Å². The minimum Gasteiger partial charge on any atom is -0.365 e. The molecule has 0 bridgehead atoms. The van der Waals surface area contributed by atoms with Crippen molar-refractivity contribution >= 4 is 18.5 Å². The Bertz CT molecular complexity index is 167. The van der Waals surface area contributed by atoms with E-state index < -0.39 is 0 Å². The average Bonchev–Trinajstić information content (AvgIpc) is 2.47. The Kier molecular flexibility index (Phi) is 3.29. The van der Waals surface area contributed by atoms with Crippen LogP contribution in [0.4, 0.5) is 0 Å². The molecule has 0 radical (unpaired) electrons. The van der Waals surface area contributed by atoms with Gasteiger partial charge in [-0.1, -0.05) is 0 Å². The first-order chi connectivity index (χ1) is 5.38. The maximum Gasteiger partial charge on any atom is 0.0888 e. The molecule has 62 valence electrons. The van der Waals surface area contributed by atoms with Crippen LogP contribution in [0.1, 0.15) is 6.92 Å². The van der Waals surface area contributed by atoms with Crippen molar-refractivity contribution in [3.8, 4) is 0 Å². The summed E-state index contributed by atoms with van der Waals surface area (Å²) in [6, 6.07) is 0. The lowest BCUT2D eigenvalue weighted by Gasteiger charge is -2.15. The zero-order valence-corrected chi connectivity index (χ0v) is 7.52. The SMILES string of the molecule is C=NN/C=C1\SCCN1CC. The summed E-state index contributed by atoms with van der Waals surface area (Å²) >= 11 is 1.85. The fraction of sp³-hybridized carbons (Fsp3) is 0.571. The molecule has 1 aliphatic rings. The molecule has 1 rings (SSSR count). The van der Waals surface area contributed by atoms with Crippen LogP contribution in [-0.4, -0.2) is 30.5 Å². The van der Waals surface area contributed by atoms with Crippen LogP contribution in [0.3, 0.4) is 0 Å². The zero-order valence-electron chi connectivity index (χ0n) is 6.71. The van der Waals surface area contributed by atoms with E-state index in [2.05, 4.69) is 29.1 Å². The fourth-order valence-electron chi connectivity index (χ4n) is 1.01. The van der Waals surface area contributed by atoms with Gasteiger partial charge in [-0.2, -0.15) is 5.10 Å². The highest BCUT2D eigenvalue weighted by Crippen LogP contribution is 2.26.